The molecule has 24 heavy (non-hydrogen) atoms. The number of halogens is 1. The molecule has 134 valence electrons. The van der Waals surface area contributed by atoms with Crippen molar-refractivity contribution in [3.05, 3.63) is 28.8 Å². The van der Waals surface area contributed by atoms with Crippen LogP contribution >= 0.6 is 11.6 Å². The van der Waals surface area contributed by atoms with Gasteiger partial charge in [-0.15, -0.1) is 0 Å². The van der Waals surface area contributed by atoms with Crippen LogP contribution in [0.4, 0.5) is 0 Å². The molecule has 2 unspecified atom stereocenters. The molecule has 0 radical (unpaired) electrons. The number of methoxy groups -OCH3 is 1. The predicted molar refractivity (Wildman–Crippen MR) is 98.6 cm³/mol. The molecule has 1 aliphatic rings. The molecule has 2 rings (SSSR count). The van der Waals surface area contributed by atoms with Crippen molar-refractivity contribution in [3.8, 4) is 5.75 Å². The first kappa shape index (κ1) is 19.1. The summed E-state index contributed by atoms with van der Waals surface area (Å²) in [6.07, 6.45) is 3.54. The topological polar surface area (TPSA) is 50.4 Å². The highest BCUT2D eigenvalue weighted by Gasteiger charge is 2.21. The molecule has 1 fully saturated rings. The minimum atomic E-state index is -0.0761. The van der Waals surface area contributed by atoms with E-state index in [-0.39, 0.29) is 11.9 Å². The van der Waals surface area contributed by atoms with E-state index in [1.165, 1.54) is 6.42 Å². The lowest BCUT2D eigenvalue weighted by molar-refractivity contribution is -0.122. The number of nitrogens with one attached hydrogen (secondary N) is 2. The minimum absolute atomic E-state index is 0.0761. The van der Waals surface area contributed by atoms with Gasteiger partial charge in [-0.05, 0) is 62.4 Å². The van der Waals surface area contributed by atoms with Crippen molar-refractivity contribution in [2.75, 3.05) is 20.2 Å². The van der Waals surface area contributed by atoms with Gasteiger partial charge in [0.2, 0.25) is 5.91 Å². The number of carbonyl (C=O) groups is 1. The summed E-state index contributed by atoms with van der Waals surface area (Å²) in [7, 11) is 1.65. The number of hydrogen-bond donors (Lipinski definition) is 2. The number of benzene rings is 1. The highest BCUT2D eigenvalue weighted by Crippen LogP contribution is 2.32. The fourth-order valence-corrected chi connectivity index (χ4v) is 3.46. The number of rotatable bonds is 8. The quantitative estimate of drug-likeness (QED) is 0.745. The smallest absolute Gasteiger partial charge is 0.220 e. The number of carbonyl (C=O) groups excluding carboxylic acids is 1. The number of ether oxygens (including phenoxy) is 1. The van der Waals surface area contributed by atoms with E-state index in [4.69, 9.17) is 16.3 Å². The molecule has 0 aromatic heterocycles. The van der Waals surface area contributed by atoms with Gasteiger partial charge >= 0.3 is 0 Å². The van der Waals surface area contributed by atoms with Crippen molar-refractivity contribution in [1.29, 1.82) is 0 Å². The zero-order valence-corrected chi connectivity index (χ0v) is 15.7. The Bertz CT molecular complexity index is 542. The molecular weight excluding hydrogens is 324 g/mol. The average Bonchev–Trinajstić information content (AvgIpc) is 3.05. The second-order valence-electron chi connectivity index (χ2n) is 7.03. The lowest BCUT2D eigenvalue weighted by Gasteiger charge is -2.23. The Kier molecular flexibility index (Phi) is 7.38. The summed E-state index contributed by atoms with van der Waals surface area (Å²) in [5.74, 6) is 1.96. The first-order valence-electron chi connectivity index (χ1n) is 8.83. The van der Waals surface area contributed by atoms with E-state index in [0.717, 1.165) is 37.2 Å². The van der Waals surface area contributed by atoms with Crippen molar-refractivity contribution < 1.29 is 9.53 Å². The molecule has 1 aromatic carbocycles. The van der Waals surface area contributed by atoms with Gasteiger partial charge in [-0.3, -0.25) is 4.79 Å². The van der Waals surface area contributed by atoms with Crippen molar-refractivity contribution in [1.82, 2.24) is 10.6 Å². The lowest BCUT2D eigenvalue weighted by Crippen LogP contribution is -2.30. The van der Waals surface area contributed by atoms with Crippen LogP contribution < -0.4 is 15.4 Å². The molecule has 1 amide bonds. The third kappa shape index (κ3) is 5.67. The molecule has 1 aromatic rings. The van der Waals surface area contributed by atoms with Crippen LogP contribution in [-0.2, 0) is 4.79 Å². The maximum atomic E-state index is 12.4. The Balaban J connectivity index is 2.04. The predicted octanol–water partition coefficient (Wildman–Crippen LogP) is 3.94. The van der Waals surface area contributed by atoms with Crippen molar-refractivity contribution >= 4 is 17.5 Å². The largest absolute Gasteiger partial charge is 0.496 e. The van der Waals surface area contributed by atoms with Crippen molar-refractivity contribution in [3.63, 3.8) is 0 Å². The summed E-state index contributed by atoms with van der Waals surface area (Å²) >= 11 is 6.16. The SMILES string of the molecule is COc1ccc(Cl)cc1C(CC(C)C)NC(=O)CCC1CCNC1. The Hall–Kier alpha value is -1.26. The van der Waals surface area contributed by atoms with Gasteiger partial charge in [0, 0.05) is 17.0 Å². The van der Waals surface area contributed by atoms with E-state index in [1.807, 2.05) is 18.2 Å². The van der Waals surface area contributed by atoms with Crippen LogP contribution in [0, 0.1) is 11.8 Å². The van der Waals surface area contributed by atoms with E-state index >= 15 is 0 Å². The molecule has 1 saturated heterocycles. The number of hydrogen-bond acceptors (Lipinski definition) is 3. The van der Waals surface area contributed by atoms with Crippen molar-refractivity contribution in [2.45, 2.75) is 45.6 Å². The van der Waals surface area contributed by atoms with Gasteiger partial charge in [0.25, 0.3) is 0 Å². The van der Waals surface area contributed by atoms with Gasteiger partial charge in [0.15, 0.2) is 0 Å². The Morgan fingerprint density at radius 2 is 2.25 bits per heavy atom. The third-order valence-electron chi connectivity index (χ3n) is 4.55. The molecule has 4 nitrogen and oxygen atoms in total. The molecule has 2 atom stereocenters. The van der Waals surface area contributed by atoms with Gasteiger partial charge in [-0.1, -0.05) is 25.4 Å². The minimum Gasteiger partial charge on any atom is -0.496 e. The Morgan fingerprint density at radius 1 is 1.46 bits per heavy atom. The highest BCUT2D eigenvalue weighted by atomic mass is 35.5. The molecule has 2 N–H and O–H groups in total. The van der Waals surface area contributed by atoms with Crippen LogP contribution in [0.2, 0.25) is 5.02 Å². The lowest BCUT2D eigenvalue weighted by atomic mass is 9.95. The van der Waals surface area contributed by atoms with Gasteiger partial charge < -0.3 is 15.4 Å². The second-order valence-corrected chi connectivity index (χ2v) is 7.47. The van der Waals surface area contributed by atoms with E-state index in [0.29, 0.717) is 23.3 Å². The van der Waals surface area contributed by atoms with Crippen LogP contribution in [0.5, 0.6) is 5.75 Å². The molecule has 1 aliphatic heterocycles. The summed E-state index contributed by atoms with van der Waals surface area (Å²) in [5, 5.41) is 7.20. The van der Waals surface area contributed by atoms with Gasteiger partial charge in [0.05, 0.1) is 13.2 Å². The maximum absolute atomic E-state index is 12.4. The number of amides is 1. The van der Waals surface area contributed by atoms with E-state index in [1.54, 1.807) is 7.11 Å². The summed E-state index contributed by atoms with van der Waals surface area (Å²) in [4.78, 5) is 12.4. The maximum Gasteiger partial charge on any atom is 0.220 e. The highest BCUT2D eigenvalue weighted by molar-refractivity contribution is 6.30. The van der Waals surface area contributed by atoms with Crippen LogP contribution in [0.3, 0.4) is 0 Å². The van der Waals surface area contributed by atoms with Gasteiger partial charge in [-0.2, -0.15) is 0 Å². The van der Waals surface area contributed by atoms with Gasteiger partial charge in [0.1, 0.15) is 5.75 Å². The Labute approximate surface area is 150 Å². The molecule has 0 aliphatic carbocycles. The fraction of sp³-hybridized carbons (Fsp3) is 0.632. The van der Waals surface area contributed by atoms with Crippen LogP contribution in [0.15, 0.2) is 18.2 Å². The van der Waals surface area contributed by atoms with E-state index in [9.17, 15) is 4.79 Å². The zero-order chi connectivity index (χ0) is 17.5. The van der Waals surface area contributed by atoms with Crippen LogP contribution in [0.25, 0.3) is 0 Å². The summed E-state index contributed by atoms with van der Waals surface area (Å²) < 4.78 is 5.47. The zero-order valence-electron chi connectivity index (χ0n) is 14.9. The molecular formula is C19H29ClN2O2. The molecule has 0 bridgehead atoms. The monoisotopic (exact) mass is 352 g/mol. The Morgan fingerprint density at radius 3 is 2.88 bits per heavy atom. The van der Waals surface area contributed by atoms with E-state index in [2.05, 4.69) is 24.5 Å². The summed E-state index contributed by atoms with van der Waals surface area (Å²) in [6, 6.07) is 5.49. The molecule has 5 heteroatoms. The summed E-state index contributed by atoms with van der Waals surface area (Å²) in [6.45, 7) is 6.41. The van der Waals surface area contributed by atoms with Crippen LogP contribution in [-0.4, -0.2) is 26.1 Å². The normalized spacial score (nSPS) is 18.6. The first-order valence-corrected chi connectivity index (χ1v) is 9.21. The third-order valence-corrected chi connectivity index (χ3v) is 4.79. The second kappa shape index (κ2) is 9.28. The average molecular weight is 353 g/mol. The summed E-state index contributed by atoms with van der Waals surface area (Å²) in [5.41, 5.74) is 0.953. The molecule has 1 heterocycles. The standard InChI is InChI=1S/C19H29ClN2O2/c1-13(2)10-17(16-11-15(20)5-6-18(16)24-3)22-19(23)7-4-14-8-9-21-12-14/h5-6,11,13-14,17,21H,4,7-10,12H2,1-3H3,(H,22,23). The molecule has 0 spiro atoms. The van der Waals surface area contributed by atoms with Crippen molar-refractivity contribution in [2.24, 2.45) is 11.8 Å². The fourth-order valence-electron chi connectivity index (χ4n) is 3.28. The van der Waals surface area contributed by atoms with Gasteiger partial charge in [-0.25, -0.2) is 0 Å². The molecule has 0 saturated carbocycles. The van der Waals surface area contributed by atoms with Crippen LogP contribution in [0.1, 0.15) is 51.1 Å². The first-order chi connectivity index (χ1) is 11.5. The van der Waals surface area contributed by atoms with E-state index < -0.39 is 0 Å².